The van der Waals surface area contributed by atoms with Crippen molar-refractivity contribution < 1.29 is 4.42 Å². The van der Waals surface area contributed by atoms with Gasteiger partial charge in [0.05, 0.1) is 5.52 Å². The molecule has 0 saturated carbocycles. The Morgan fingerprint density at radius 1 is 0.547 bits per heavy atom. The minimum Gasteiger partial charge on any atom is -0.436 e. The van der Waals surface area contributed by atoms with Crippen molar-refractivity contribution in [2.24, 2.45) is 0 Å². The van der Waals surface area contributed by atoms with Crippen LogP contribution in [0.5, 0.6) is 0 Å². The predicted molar refractivity (Wildman–Crippen MR) is 220 cm³/mol. The Labute approximate surface area is 309 Å². The first-order chi connectivity index (χ1) is 26.2. The van der Waals surface area contributed by atoms with E-state index in [0.29, 0.717) is 5.89 Å². The quantitative estimate of drug-likeness (QED) is 0.175. The van der Waals surface area contributed by atoms with E-state index in [0.717, 1.165) is 40.6 Å². The second kappa shape index (κ2) is 12.8. The SMILES string of the molecule is Cc1ccccc1-c1ccc2oc(-c3ccc(-c4ccccc4-c4ccccc4-c4ccc5c(c4)c4c(n5-c5ccccc5)CCC=C4)cc3)nc2c1. The number of hydrogen-bond acceptors (Lipinski definition) is 2. The van der Waals surface area contributed by atoms with Crippen LogP contribution in [0.2, 0.25) is 0 Å². The van der Waals surface area contributed by atoms with E-state index in [9.17, 15) is 0 Å². The van der Waals surface area contributed by atoms with Gasteiger partial charge in [0.15, 0.2) is 5.58 Å². The molecule has 0 bridgehead atoms. The van der Waals surface area contributed by atoms with E-state index < -0.39 is 0 Å². The van der Waals surface area contributed by atoms with Crippen molar-refractivity contribution in [1.29, 1.82) is 0 Å². The summed E-state index contributed by atoms with van der Waals surface area (Å²) in [5.41, 5.74) is 18.5. The van der Waals surface area contributed by atoms with Crippen LogP contribution in [0.25, 0.3) is 89.7 Å². The van der Waals surface area contributed by atoms with Gasteiger partial charge in [-0.2, -0.15) is 0 Å². The average Bonchev–Trinajstić information content (AvgIpc) is 3.80. The number of aryl methyl sites for hydroxylation is 1. The summed E-state index contributed by atoms with van der Waals surface area (Å²) < 4.78 is 8.70. The van der Waals surface area contributed by atoms with E-state index in [1.807, 2.05) is 6.07 Å². The fourth-order valence-electron chi connectivity index (χ4n) is 8.11. The van der Waals surface area contributed by atoms with E-state index in [1.54, 1.807) is 0 Å². The van der Waals surface area contributed by atoms with Crippen molar-refractivity contribution in [3.8, 4) is 61.6 Å². The highest BCUT2D eigenvalue weighted by molar-refractivity contribution is 5.99. The highest BCUT2D eigenvalue weighted by Gasteiger charge is 2.20. The molecule has 10 rings (SSSR count). The summed E-state index contributed by atoms with van der Waals surface area (Å²) in [5.74, 6) is 0.626. The van der Waals surface area contributed by atoms with Gasteiger partial charge in [-0.3, -0.25) is 0 Å². The number of hydrogen-bond donors (Lipinski definition) is 0. The van der Waals surface area contributed by atoms with Crippen LogP contribution in [0.1, 0.15) is 23.2 Å². The first-order valence-electron chi connectivity index (χ1n) is 18.4. The molecule has 0 fully saturated rings. The summed E-state index contributed by atoms with van der Waals surface area (Å²) in [5, 5.41) is 1.29. The smallest absolute Gasteiger partial charge is 0.227 e. The van der Waals surface area contributed by atoms with Crippen molar-refractivity contribution >= 4 is 28.1 Å². The third kappa shape index (κ3) is 5.41. The Morgan fingerprint density at radius 2 is 1.15 bits per heavy atom. The highest BCUT2D eigenvalue weighted by Crippen LogP contribution is 2.41. The van der Waals surface area contributed by atoms with Gasteiger partial charge in [0.25, 0.3) is 0 Å². The number of nitrogens with zero attached hydrogens (tertiary/aromatic N) is 2. The number of allylic oxidation sites excluding steroid dienone is 1. The monoisotopic (exact) mass is 680 g/mol. The maximum Gasteiger partial charge on any atom is 0.227 e. The van der Waals surface area contributed by atoms with E-state index >= 15 is 0 Å². The second-order valence-corrected chi connectivity index (χ2v) is 13.9. The Hall–Kier alpha value is -6.71. The summed E-state index contributed by atoms with van der Waals surface area (Å²) >= 11 is 0. The topological polar surface area (TPSA) is 31.0 Å². The average molecular weight is 681 g/mol. The zero-order chi connectivity index (χ0) is 35.3. The van der Waals surface area contributed by atoms with Crippen LogP contribution >= 0.6 is 0 Å². The fraction of sp³-hybridized carbons (Fsp3) is 0.0600. The standard InChI is InChI=1S/C50H36N2O/c1-33-13-5-6-16-39(33)37-28-30-49-46(32-37)51-50(53-49)35-25-23-34(24-26-35)40-17-7-9-19-42(40)43-20-10-8-18-41(43)36-27-29-48-45(31-36)44-21-11-12-22-47(44)52(48)38-14-3-2-4-15-38/h2-11,13-21,23-32H,12,22H2,1H3. The summed E-state index contributed by atoms with van der Waals surface area (Å²) in [6.07, 6.45) is 6.73. The van der Waals surface area contributed by atoms with Crippen molar-refractivity contribution in [1.82, 2.24) is 9.55 Å². The Kier molecular flexibility index (Phi) is 7.51. The van der Waals surface area contributed by atoms with Crippen molar-refractivity contribution in [3.63, 3.8) is 0 Å². The summed E-state index contributed by atoms with van der Waals surface area (Å²) in [6, 6.07) is 58.6. The molecule has 2 aromatic heterocycles. The molecule has 252 valence electrons. The van der Waals surface area contributed by atoms with Gasteiger partial charge in [0.2, 0.25) is 5.89 Å². The van der Waals surface area contributed by atoms with Crippen LogP contribution in [0.15, 0.2) is 174 Å². The number of benzene rings is 7. The lowest BCUT2D eigenvalue weighted by Gasteiger charge is -2.15. The molecule has 7 aromatic carbocycles. The number of para-hydroxylation sites is 1. The van der Waals surface area contributed by atoms with Crippen LogP contribution < -0.4 is 0 Å². The number of fused-ring (bicyclic) bond motifs is 4. The molecule has 0 aliphatic heterocycles. The van der Waals surface area contributed by atoms with E-state index in [4.69, 9.17) is 9.40 Å². The normalized spacial score (nSPS) is 12.4. The molecule has 0 spiro atoms. The molecule has 1 aliphatic carbocycles. The van der Waals surface area contributed by atoms with E-state index in [1.165, 1.54) is 66.8 Å². The van der Waals surface area contributed by atoms with Crippen LogP contribution in [-0.2, 0) is 6.42 Å². The number of rotatable bonds is 6. The minimum absolute atomic E-state index is 0.626. The lowest BCUT2D eigenvalue weighted by molar-refractivity contribution is 0.620. The summed E-state index contributed by atoms with van der Waals surface area (Å²) in [7, 11) is 0. The van der Waals surface area contributed by atoms with Crippen molar-refractivity contribution in [3.05, 3.63) is 187 Å². The Balaban J connectivity index is 1.01. The third-order valence-corrected chi connectivity index (χ3v) is 10.7. The molecule has 2 heterocycles. The molecule has 0 amide bonds. The van der Waals surface area contributed by atoms with E-state index in [2.05, 4.69) is 181 Å². The van der Waals surface area contributed by atoms with Gasteiger partial charge in [-0.05, 0) is 118 Å². The molecular weight excluding hydrogens is 645 g/mol. The molecular formula is C50H36N2O. The molecule has 1 aliphatic rings. The van der Waals surface area contributed by atoms with Crippen molar-refractivity contribution in [2.75, 3.05) is 0 Å². The Bertz CT molecular complexity index is 2840. The lowest BCUT2D eigenvalue weighted by Crippen LogP contribution is -2.02. The zero-order valence-electron chi connectivity index (χ0n) is 29.5. The Morgan fingerprint density at radius 3 is 1.91 bits per heavy atom. The first kappa shape index (κ1) is 31.1. The van der Waals surface area contributed by atoms with Crippen LogP contribution in [-0.4, -0.2) is 9.55 Å². The molecule has 3 heteroatoms. The van der Waals surface area contributed by atoms with Gasteiger partial charge in [-0.1, -0.05) is 127 Å². The molecule has 3 nitrogen and oxygen atoms in total. The highest BCUT2D eigenvalue weighted by atomic mass is 16.3. The van der Waals surface area contributed by atoms with E-state index in [-0.39, 0.29) is 0 Å². The summed E-state index contributed by atoms with van der Waals surface area (Å²) in [6.45, 7) is 2.14. The van der Waals surface area contributed by atoms with Gasteiger partial charge in [-0.25, -0.2) is 4.98 Å². The predicted octanol–water partition coefficient (Wildman–Crippen LogP) is 13.4. The van der Waals surface area contributed by atoms with Crippen molar-refractivity contribution in [2.45, 2.75) is 19.8 Å². The third-order valence-electron chi connectivity index (χ3n) is 10.7. The van der Waals surface area contributed by atoms with Gasteiger partial charge < -0.3 is 8.98 Å². The molecule has 0 N–H and O–H groups in total. The largest absolute Gasteiger partial charge is 0.436 e. The van der Waals surface area contributed by atoms with Crippen LogP contribution in [0.4, 0.5) is 0 Å². The van der Waals surface area contributed by atoms with Crippen LogP contribution in [0, 0.1) is 6.92 Å². The number of aromatic nitrogens is 2. The van der Waals surface area contributed by atoms with Gasteiger partial charge in [0, 0.05) is 27.9 Å². The molecule has 0 saturated heterocycles. The first-order valence-corrected chi connectivity index (χ1v) is 18.4. The second-order valence-electron chi connectivity index (χ2n) is 13.9. The maximum absolute atomic E-state index is 6.25. The lowest BCUT2D eigenvalue weighted by atomic mass is 9.88. The van der Waals surface area contributed by atoms with Gasteiger partial charge >= 0.3 is 0 Å². The molecule has 0 radical (unpaired) electrons. The molecule has 53 heavy (non-hydrogen) atoms. The van der Waals surface area contributed by atoms with Gasteiger partial charge in [-0.15, -0.1) is 0 Å². The molecule has 0 atom stereocenters. The summed E-state index contributed by atoms with van der Waals surface area (Å²) in [4.78, 5) is 4.91. The molecule has 0 unspecified atom stereocenters. The van der Waals surface area contributed by atoms with Gasteiger partial charge in [0.1, 0.15) is 5.52 Å². The molecule has 9 aromatic rings. The minimum atomic E-state index is 0.626. The maximum atomic E-state index is 6.25. The zero-order valence-corrected chi connectivity index (χ0v) is 29.5. The van der Waals surface area contributed by atoms with Crippen LogP contribution in [0.3, 0.4) is 0 Å². The fourth-order valence-corrected chi connectivity index (χ4v) is 8.11. The number of oxazole rings is 1.